The number of hydrogen-bond acceptors (Lipinski definition) is 3. The van der Waals surface area contributed by atoms with Crippen molar-refractivity contribution in [2.45, 2.75) is 17.3 Å². The SMILES string of the molecule is Cn1ccnc1SCc1ccc(F)c(C#CCCO)c1. The van der Waals surface area contributed by atoms with Gasteiger partial charge in [0.05, 0.1) is 12.2 Å². The van der Waals surface area contributed by atoms with E-state index in [4.69, 9.17) is 5.11 Å². The van der Waals surface area contributed by atoms with Gasteiger partial charge in [-0.05, 0) is 17.7 Å². The van der Waals surface area contributed by atoms with Crippen LogP contribution in [0.4, 0.5) is 4.39 Å². The second kappa shape index (κ2) is 7.13. The van der Waals surface area contributed by atoms with E-state index < -0.39 is 0 Å². The molecule has 2 aromatic rings. The molecule has 0 amide bonds. The predicted molar refractivity (Wildman–Crippen MR) is 77.7 cm³/mol. The molecule has 1 aromatic heterocycles. The molecule has 0 aliphatic rings. The van der Waals surface area contributed by atoms with Crippen LogP contribution in [-0.2, 0) is 12.8 Å². The van der Waals surface area contributed by atoms with Gasteiger partial charge in [-0.3, -0.25) is 0 Å². The standard InChI is InChI=1S/C15H15FN2OS/c1-18-8-7-17-15(18)20-11-12-5-6-14(16)13(10-12)4-2-3-9-19/h5-8,10,19H,3,9,11H2,1H3. The van der Waals surface area contributed by atoms with Gasteiger partial charge in [0.15, 0.2) is 5.16 Å². The smallest absolute Gasteiger partial charge is 0.167 e. The maximum absolute atomic E-state index is 13.6. The molecule has 104 valence electrons. The van der Waals surface area contributed by atoms with Crippen molar-refractivity contribution < 1.29 is 9.50 Å². The molecule has 20 heavy (non-hydrogen) atoms. The Hall–Kier alpha value is -1.77. The molecule has 0 saturated carbocycles. The van der Waals surface area contributed by atoms with Crippen molar-refractivity contribution in [1.29, 1.82) is 0 Å². The number of hydrogen-bond donors (Lipinski definition) is 1. The Labute approximate surface area is 121 Å². The highest BCUT2D eigenvalue weighted by atomic mass is 32.2. The summed E-state index contributed by atoms with van der Waals surface area (Å²) in [6.45, 7) is -0.0106. The second-order valence-electron chi connectivity index (χ2n) is 4.20. The van der Waals surface area contributed by atoms with E-state index in [1.165, 1.54) is 6.07 Å². The Kier molecular flexibility index (Phi) is 5.22. The molecule has 0 aliphatic heterocycles. The number of aliphatic hydroxyl groups excluding tert-OH is 1. The monoisotopic (exact) mass is 290 g/mol. The minimum Gasteiger partial charge on any atom is -0.395 e. The topological polar surface area (TPSA) is 38.0 Å². The molecule has 0 aliphatic carbocycles. The number of rotatable bonds is 4. The van der Waals surface area contributed by atoms with Gasteiger partial charge in [-0.15, -0.1) is 0 Å². The largest absolute Gasteiger partial charge is 0.395 e. The highest BCUT2D eigenvalue weighted by Gasteiger charge is 2.04. The number of aliphatic hydroxyl groups is 1. The fraction of sp³-hybridized carbons (Fsp3) is 0.267. The van der Waals surface area contributed by atoms with Crippen molar-refractivity contribution in [1.82, 2.24) is 9.55 Å². The molecular formula is C15H15FN2OS. The number of halogens is 1. The molecule has 1 heterocycles. The summed E-state index contributed by atoms with van der Waals surface area (Å²) >= 11 is 1.59. The minimum atomic E-state index is -0.332. The molecule has 0 spiro atoms. The lowest BCUT2D eigenvalue weighted by Crippen LogP contribution is -1.91. The first-order valence-corrected chi connectivity index (χ1v) is 7.17. The van der Waals surface area contributed by atoms with Gasteiger partial charge < -0.3 is 9.67 Å². The van der Waals surface area contributed by atoms with Crippen molar-refractivity contribution in [2.24, 2.45) is 7.05 Å². The summed E-state index contributed by atoms with van der Waals surface area (Å²) in [6, 6.07) is 4.93. The van der Waals surface area contributed by atoms with Crippen LogP contribution in [0.15, 0.2) is 35.7 Å². The van der Waals surface area contributed by atoms with Gasteiger partial charge in [-0.2, -0.15) is 0 Å². The first kappa shape index (κ1) is 14.6. The zero-order valence-corrected chi connectivity index (χ0v) is 12.0. The maximum Gasteiger partial charge on any atom is 0.167 e. The third-order valence-electron chi connectivity index (χ3n) is 2.64. The van der Waals surface area contributed by atoms with E-state index in [-0.39, 0.29) is 12.4 Å². The van der Waals surface area contributed by atoms with E-state index in [9.17, 15) is 4.39 Å². The number of thioether (sulfide) groups is 1. The Morgan fingerprint density at radius 2 is 2.30 bits per heavy atom. The third-order valence-corrected chi connectivity index (χ3v) is 3.76. The summed E-state index contributed by atoms with van der Waals surface area (Å²) < 4.78 is 15.5. The lowest BCUT2D eigenvalue weighted by atomic mass is 10.1. The first-order valence-electron chi connectivity index (χ1n) is 6.19. The summed E-state index contributed by atoms with van der Waals surface area (Å²) in [5, 5.41) is 9.59. The van der Waals surface area contributed by atoms with Crippen molar-refractivity contribution in [3.8, 4) is 11.8 Å². The Morgan fingerprint density at radius 1 is 1.45 bits per heavy atom. The number of aryl methyl sites for hydroxylation is 1. The molecule has 0 unspecified atom stereocenters. The lowest BCUT2D eigenvalue weighted by Gasteiger charge is -2.03. The van der Waals surface area contributed by atoms with E-state index in [1.807, 2.05) is 17.8 Å². The molecule has 2 rings (SSSR count). The zero-order chi connectivity index (χ0) is 14.4. The Balaban J connectivity index is 2.08. The molecule has 1 aromatic carbocycles. The molecule has 0 fully saturated rings. The van der Waals surface area contributed by atoms with Crippen LogP contribution >= 0.6 is 11.8 Å². The van der Waals surface area contributed by atoms with E-state index in [2.05, 4.69) is 16.8 Å². The van der Waals surface area contributed by atoms with Gasteiger partial charge in [0.1, 0.15) is 5.82 Å². The third kappa shape index (κ3) is 3.86. The number of aromatic nitrogens is 2. The normalized spacial score (nSPS) is 10.2. The Morgan fingerprint density at radius 3 is 3.00 bits per heavy atom. The molecule has 0 saturated heterocycles. The summed E-state index contributed by atoms with van der Waals surface area (Å²) in [7, 11) is 1.94. The summed E-state index contributed by atoms with van der Waals surface area (Å²) in [5.74, 6) is 5.85. The molecule has 3 nitrogen and oxygen atoms in total. The first-order chi connectivity index (χ1) is 9.70. The van der Waals surface area contributed by atoms with Crippen molar-refractivity contribution in [3.63, 3.8) is 0 Å². The van der Waals surface area contributed by atoms with Gasteiger partial charge in [0, 0.05) is 31.6 Å². The molecular weight excluding hydrogens is 275 g/mol. The fourth-order valence-corrected chi connectivity index (χ4v) is 2.49. The van der Waals surface area contributed by atoms with Gasteiger partial charge in [0.2, 0.25) is 0 Å². The fourth-order valence-electron chi connectivity index (χ4n) is 1.61. The van der Waals surface area contributed by atoms with Crippen molar-refractivity contribution >= 4 is 11.8 Å². The average molecular weight is 290 g/mol. The van der Waals surface area contributed by atoms with Crippen LogP contribution in [0.2, 0.25) is 0 Å². The number of imidazole rings is 1. The van der Waals surface area contributed by atoms with Gasteiger partial charge in [0.25, 0.3) is 0 Å². The zero-order valence-electron chi connectivity index (χ0n) is 11.1. The highest BCUT2D eigenvalue weighted by Crippen LogP contribution is 2.21. The number of benzene rings is 1. The summed E-state index contributed by atoms with van der Waals surface area (Å²) in [4.78, 5) is 4.23. The van der Waals surface area contributed by atoms with Crippen LogP contribution in [-0.4, -0.2) is 21.3 Å². The second-order valence-corrected chi connectivity index (χ2v) is 5.14. The Bertz CT molecular complexity index is 643. The quantitative estimate of drug-likeness (QED) is 0.695. The predicted octanol–water partition coefficient (Wildman–Crippen LogP) is 2.59. The molecule has 0 radical (unpaired) electrons. The van der Waals surface area contributed by atoms with Crippen LogP contribution in [0.5, 0.6) is 0 Å². The van der Waals surface area contributed by atoms with Crippen LogP contribution in [0.1, 0.15) is 17.5 Å². The molecule has 5 heteroatoms. The summed E-state index contributed by atoms with van der Waals surface area (Å²) in [5.41, 5.74) is 1.36. The van der Waals surface area contributed by atoms with Gasteiger partial charge in [-0.25, -0.2) is 9.37 Å². The van der Waals surface area contributed by atoms with Crippen LogP contribution in [0.25, 0.3) is 0 Å². The minimum absolute atomic E-state index is 0.0106. The maximum atomic E-state index is 13.6. The van der Waals surface area contributed by atoms with Crippen LogP contribution in [0, 0.1) is 17.7 Å². The van der Waals surface area contributed by atoms with E-state index in [0.29, 0.717) is 17.7 Å². The lowest BCUT2D eigenvalue weighted by molar-refractivity contribution is 0.305. The average Bonchev–Trinajstić information content (AvgIpc) is 2.85. The van der Waals surface area contributed by atoms with Crippen LogP contribution < -0.4 is 0 Å². The summed E-state index contributed by atoms with van der Waals surface area (Å²) in [6.07, 6.45) is 3.99. The van der Waals surface area contributed by atoms with Crippen molar-refractivity contribution in [3.05, 3.63) is 47.5 Å². The number of nitrogens with zero attached hydrogens (tertiary/aromatic N) is 2. The highest BCUT2D eigenvalue weighted by molar-refractivity contribution is 7.98. The molecule has 0 bridgehead atoms. The van der Waals surface area contributed by atoms with E-state index in [1.54, 1.807) is 30.1 Å². The van der Waals surface area contributed by atoms with Gasteiger partial charge >= 0.3 is 0 Å². The molecule has 1 N–H and O–H groups in total. The van der Waals surface area contributed by atoms with Gasteiger partial charge in [-0.1, -0.05) is 29.7 Å². The van der Waals surface area contributed by atoms with E-state index in [0.717, 1.165) is 10.7 Å². The van der Waals surface area contributed by atoms with Crippen molar-refractivity contribution in [2.75, 3.05) is 6.61 Å². The van der Waals surface area contributed by atoms with E-state index >= 15 is 0 Å². The van der Waals surface area contributed by atoms with Crippen LogP contribution in [0.3, 0.4) is 0 Å². The molecule has 0 atom stereocenters.